The molecule has 1 fully saturated rings. The van der Waals surface area contributed by atoms with Gasteiger partial charge in [-0.1, -0.05) is 18.2 Å². The van der Waals surface area contributed by atoms with Gasteiger partial charge in [0, 0.05) is 12.6 Å². The number of nitrogens with zero attached hydrogens (tertiary/aromatic N) is 1. The maximum absolute atomic E-state index is 12.3. The molecule has 0 aliphatic carbocycles. The van der Waals surface area contributed by atoms with Crippen molar-refractivity contribution in [2.75, 3.05) is 6.54 Å². The molecule has 1 N–H and O–H groups in total. The van der Waals surface area contributed by atoms with Crippen LogP contribution >= 0.6 is 0 Å². The molecule has 1 amide bonds. The van der Waals surface area contributed by atoms with Gasteiger partial charge >= 0.3 is 5.97 Å². The molecule has 0 saturated carbocycles. The van der Waals surface area contributed by atoms with Crippen molar-refractivity contribution in [3.05, 3.63) is 48.2 Å². The van der Waals surface area contributed by atoms with Gasteiger partial charge in [0.2, 0.25) is 0 Å². The van der Waals surface area contributed by atoms with Gasteiger partial charge in [0.05, 0.1) is 0 Å². The number of aliphatic carboxylic acids is 1. The minimum atomic E-state index is -0.988. The zero-order valence-corrected chi connectivity index (χ0v) is 11.8. The first kappa shape index (κ1) is 14.2. The number of benzene rings is 1. The number of hydrogen-bond donors (Lipinski definition) is 1. The molecule has 2 heterocycles. The van der Waals surface area contributed by atoms with Crippen LogP contribution in [-0.4, -0.2) is 34.5 Å². The van der Waals surface area contributed by atoms with Crippen molar-refractivity contribution < 1.29 is 23.8 Å². The van der Waals surface area contributed by atoms with Crippen molar-refractivity contribution in [1.29, 1.82) is 0 Å². The summed E-state index contributed by atoms with van der Waals surface area (Å²) in [5.41, 5.74) is 0. The largest absolute Gasteiger partial charge is 0.480 e. The molecule has 6 nitrogen and oxygen atoms in total. The van der Waals surface area contributed by atoms with Crippen LogP contribution in [0.25, 0.3) is 0 Å². The number of carbonyl (C=O) groups is 2. The van der Waals surface area contributed by atoms with Crippen LogP contribution in [-0.2, 0) is 4.79 Å². The Morgan fingerprint density at radius 1 is 1.18 bits per heavy atom. The van der Waals surface area contributed by atoms with Gasteiger partial charge in [-0.15, -0.1) is 0 Å². The number of carboxylic acid groups (broad SMARTS) is 1. The normalized spacial score (nSPS) is 17.5. The van der Waals surface area contributed by atoms with Crippen LogP contribution in [0.4, 0.5) is 0 Å². The lowest BCUT2D eigenvalue weighted by atomic mass is 10.2. The van der Waals surface area contributed by atoms with Gasteiger partial charge in [-0.2, -0.15) is 0 Å². The molecule has 1 atom stereocenters. The lowest BCUT2D eigenvalue weighted by Crippen LogP contribution is -2.40. The van der Waals surface area contributed by atoms with Gasteiger partial charge in [0.25, 0.3) is 11.9 Å². The number of rotatable bonds is 4. The summed E-state index contributed by atoms with van der Waals surface area (Å²) in [6.45, 7) is 0.422. The van der Waals surface area contributed by atoms with Crippen LogP contribution in [0.3, 0.4) is 0 Å². The third kappa shape index (κ3) is 2.81. The van der Waals surface area contributed by atoms with E-state index in [1.165, 1.54) is 11.0 Å². The Kier molecular flexibility index (Phi) is 3.82. The quantitative estimate of drug-likeness (QED) is 0.939. The lowest BCUT2D eigenvalue weighted by molar-refractivity contribution is -0.141. The molecule has 1 aliphatic heterocycles. The van der Waals surface area contributed by atoms with Gasteiger partial charge in [-0.25, -0.2) is 4.79 Å². The molecule has 1 aromatic carbocycles. The fraction of sp³-hybridized carbons (Fsp3) is 0.250. The summed E-state index contributed by atoms with van der Waals surface area (Å²) in [5, 5.41) is 9.13. The van der Waals surface area contributed by atoms with Gasteiger partial charge in [0.15, 0.2) is 5.76 Å². The second kappa shape index (κ2) is 5.93. The monoisotopic (exact) mass is 301 g/mol. The topological polar surface area (TPSA) is 80.0 Å². The van der Waals surface area contributed by atoms with Crippen LogP contribution in [0.5, 0.6) is 11.7 Å². The highest BCUT2D eigenvalue weighted by Gasteiger charge is 2.35. The average Bonchev–Trinajstić information content (AvgIpc) is 3.16. The minimum Gasteiger partial charge on any atom is -0.480 e. The Labute approximate surface area is 126 Å². The van der Waals surface area contributed by atoms with Crippen molar-refractivity contribution in [2.45, 2.75) is 18.9 Å². The molecule has 6 heteroatoms. The Hall–Kier alpha value is -2.76. The van der Waals surface area contributed by atoms with Crippen LogP contribution < -0.4 is 4.74 Å². The Balaban J connectivity index is 1.73. The average molecular weight is 301 g/mol. The Morgan fingerprint density at radius 2 is 1.95 bits per heavy atom. The fourth-order valence-corrected chi connectivity index (χ4v) is 2.50. The van der Waals surface area contributed by atoms with E-state index in [9.17, 15) is 9.59 Å². The maximum atomic E-state index is 12.3. The smallest absolute Gasteiger partial charge is 0.326 e. The number of para-hydroxylation sites is 1. The molecule has 0 unspecified atom stereocenters. The number of furan rings is 1. The van der Waals surface area contributed by atoms with Crippen molar-refractivity contribution in [3.8, 4) is 11.7 Å². The summed E-state index contributed by atoms with van der Waals surface area (Å²) in [7, 11) is 0. The highest BCUT2D eigenvalue weighted by molar-refractivity contribution is 5.94. The number of amides is 1. The van der Waals surface area contributed by atoms with Crippen molar-refractivity contribution >= 4 is 11.9 Å². The fourth-order valence-electron chi connectivity index (χ4n) is 2.50. The van der Waals surface area contributed by atoms with E-state index in [2.05, 4.69) is 0 Å². The van der Waals surface area contributed by atoms with E-state index in [4.69, 9.17) is 14.3 Å². The zero-order chi connectivity index (χ0) is 15.5. The van der Waals surface area contributed by atoms with Crippen molar-refractivity contribution in [1.82, 2.24) is 4.90 Å². The molecule has 2 aromatic rings. The third-order valence-electron chi connectivity index (χ3n) is 3.55. The minimum absolute atomic E-state index is 0.0825. The SMILES string of the molecule is O=C(O)[C@@H]1CCCN1C(=O)c1ccc(Oc2ccccc2)o1. The molecular formula is C16H15NO5. The van der Waals surface area contributed by atoms with Crippen LogP contribution in [0.1, 0.15) is 23.4 Å². The van der Waals surface area contributed by atoms with Gasteiger partial charge < -0.3 is 19.2 Å². The molecule has 22 heavy (non-hydrogen) atoms. The van der Waals surface area contributed by atoms with Crippen LogP contribution in [0.15, 0.2) is 46.9 Å². The molecular weight excluding hydrogens is 286 g/mol. The highest BCUT2D eigenvalue weighted by Crippen LogP contribution is 2.26. The second-order valence-electron chi connectivity index (χ2n) is 5.03. The first-order chi connectivity index (χ1) is 10.6. The highest BCUT2D eigenvalue weighted by atomic mass is 16.6. The van der Waals surface area contributed by atoms with E-state index in [0.717, 1.165) is 0 Å². The molecule has 0 spiro atoms. The predicted molar refractivity (Wildman–Crippen MR) is 76.9 cm³/mol. The van der Waals surface area contributed by atoms with E-state index < -0.39 is 17.9 Å². The predicted octanol–water partition coefficient (Wildman–Crippen LogP) is 2.76. The number of likely N-dealkylation sites (tertiary alicyclic amines) is 1. The van der Waals surface area contributed by atoms with Gasteiger partial charge in [-0.3, -0.25) is 4.79 Å². The number of ether oxygens (including phenoxy) is 1. The summed E-state index contributed by atoms with van der Waals surface area (Å²) in [6.07, 6.45) is 1.14. The molecule has 1 aromatic heterocycles. The lowest BCUT2D eigenvalue weighted by Gasteiger charge is -2.19. The molecule has 0 bridgehead atoms. The molecule has 3 rings (SSSR count). The summed E-state index contributed by atoms with van der Waals surface area (Å²) < 4.78 is 10.9. The van der Waals surface area contributed by atoms with E-state index in [0.29, 0.717) is 25.1 Å². The molecule has 0 radical (unpaired) electrons. The number of carboxylic acids is 1. The van der Waals surface area contributed by atoms with E-state index in [1.807, 2.05) is 18.2 Å². The molecule has 1 aliphatic rings. The number of carbonyl (C=O) groups excluding carboxylic acids is 1. The summed E-state index contributed by atoms with van der Waals surface area (Å²) in [4.78, 5) is 24.8. The van der Waals surface area contributed by atoms with Crippen LogP contribution in [0.2, 0.25) is 0 Å². The summed E-state index contributed by atoms with van der Waals surface area (Å²) in [5.74, 6) is -0.536. The van der Waals surface area contributed by atoms with E-state index >= 15 is 0 Å². The first-order valence-electron chi connectivity index (χ1n) is 7.01. The van der Waals surface area contributed by atoms with E-state index in [1.54, 1.807) is 18.2 Å². The van der Waals surface area contributed by atoms with Gasteiger partial charge in [-0.05, 0) is 31.0 Å². The molecule has 1 saturated heterocycles. The van der Waals surface area contributed by atoms with E-state index in [-0.39, 0.29) is 11.7 Å². The summed E-state index contributed by atoms with van der Waals surface area (Å²) in [6, 6.07) is 11.3. The zero-order valence-electron chi connectivity index (χ0n) is 11.8. The van der Waals surface area contributed by atoms with Crippen molar-refractivity contribution in [2.24, 2.45) is 0 Å². The Morgan fingerprint density at radius 3 is 2.68 bits per heavy atom. The standard InChI is InChI=1S/C16H15NO5/c18-15(17-10-4-7-12(17)16(19)20)13-8-9-14(22-13)21-11-5-2-1-3-6-11/h1-3,5-6,8-9,12H,4,7,10H2,(H,19,20)/t12-/m0/s1. The summed E-state index contributed by atoms with van der Waals surface area (Å²) >= 11 is 0. The molecule has 114 valence electrons. The Bertz CT molecular complexity index is 679. The third-order valence-corrected chi connectivity index (χ3v) is 3.55. The first-order valence-corrected chi connectivity index (χ1v) is 7.01. The van der Waals surface area contributed by atoms with Crippen molar-refractivity contribution in [3.63, 3.8) is 0 Å². The van der Waals surface area contributed by atoms with Gasteiger partial charge in [0.1, 0.15) is 11.8 Å². The maximum Gasteiger partial charge on any atom is 0.326 e. The van der Waals surface area contributed by atoms with Crippen LogP contribution in [0, 0.1) is 0 Å². The second-order valence-corrected chi connectivity index (χ2v) is 5.03. The number of hydrogen-bond acceptors (Lipinski definition) is 4.